The van der Waals surface area contributed by atoms with Crippen LogP contribution < -0.4 is 21.9 Å². The van der Waals surface area contributed by atoms with Crippen molar-refractivity contribution in [3.8, 4) is 0 Å². The van der Waals surface area contributed by atoms with E-state index < -0.39 is 0 Å². The molecule has 4 saturated carbocycles. The molecule has 5 aliphatic carbocycles. The van der Waals surface area contributed by atoms with Gasteiger partial charge in [-0.25, -0.2) is 0 Å². The van der Waals surface area contributed by atoms with Crippen LogP contribution >= 0.6 is 0 Å². The highest BCUT2D eigenvalue weighted by atomic mass is 16.6. The van der Waals surface area contributed by atoms with Crippen LogP contribution in [-0.2, 0) is 26.1 Å². The Labute approximate surface area is 283 Å². The normalized spacial score (nSPS) is 41.1. The highest BCUT2D eigenvalue weighted by Crippen LogP contribution is 2.74. The second-order valence-electron chi connectivity index (χ2n) is 17.9. The van der Waals surface area contributed by atoms with Gasteiger partial charge in [-0.3, -0.25) is 28.6 Å². The molecule has 2 aromatic heterocycles. The first kappa shape index (κ1) is 30.3. The number of benzene rings is 1. The van der Waals surface area contributed by atoms with Crippen LogP contribution in [0.15, 0.2) is 30.6 Å². The molecule has 0 bridgehead atoms. The summed E-state index contributed by atoms with van der Waals surface area (Å²) in [5.41, 5.74) is 1.73. The van der Waals surface area contributed by atoms with Crippen molar-refractivity contribution in [1.82, 2.24) is 9.47 Å². The lowest BCUT2D eigenvalue weighted by molar-refractivity contribution is -0.260. The van der Waals surface area contributed by atoms with Gasteiger partial charge in [0.1, 0.15) is 0 Å². The molecular weight excluding hydrogens is 624 g/mol. The number of carbonyl (C=O) groups excluding carboxylic acids is 2. The van der Waals surface area contributed by atoms with Crippen molar-refractivity contribution in [1.29, 1.82) is 0 Å². The van der Waals surface area contributed by atoms with Gasteiger partial charge in [-0.2, -0.15) is 0 Å². The molecule has 6 fully saturated rings. The van der Waals surface area contributed by atoms with Gasteiger partial charge in [0.15, 0.2) is 22.0 Å². The number of hydrogen-bond donors (Lipinski definition) is 0. The van der Waals surface area contributed by atoms with Crippen molar-refractivity contribution in [3.63, 3.8) is 0 Å². The van der Waals surface area contributed by atoms with Gasteiger partial charge in [0.25, 0.3) is 11.1 Å². The number of imide groups is 1. The Hall–Kier alpha value is -3.50. The van der Waals surface area contributed by atoms with Crippen molar-refractivity contribution in [3.05, 3.63) is 43.7 Å². The molecule has 3 aromatic rings. The molecule has 11 atom stereocenters. The molecular formula is C39H44N2O8. The number of carbonyl (C=O) groups is 2. The molecule has 0 N–H and O–H groups in total. The molecule has 10 nitrogen and oxygen atoms in total. The second-order valence-corrected chi connectivity index (χ2v) is 17.9. The van der Waals surface area contributed by atoms with Gasteiger partial charge in [-0.1, -0.05) is 27.7 Å². The van der Waals surface area contributed by atoms with E-state index in [-0.39, 0.29) is 87.3 Å². The fraction of sp³-hybridized carbons (Fsp3) is 0.641. The summed E-state index contributed by atoms with van der Waals surface area (Å²) in [4.78, 5) is 52.5. The number of rotatable bonds is 0. The first-order valence-corrected chi connectivity index (χ1v) is 18.1. The predicted octanol–water partition coefficient (Wildman–Crippen LogP) is 3.46. The number of hydrogen-bond acceptors (Lipinski definition) is 8. The van der Waals surface area contributed by atoms with Gasteiger partial charge in [0.05, 0.1) is 47.0 Å². The van der Waals surface area contributed by atoms with Crippen molar-refractivity contribution in [2.24, 2.45) is 58.8 Å². The number of likely N-dealkylation sites (tertiary alicyclic amines) is 1. The van der Waals surface area contributed by atoms with Crippen LogP contribution in [-0.4, -0.2) is 52.7 Å². The summed E-state index contributed by atoms with van der Waals surface area (Å²) in [6.07, 6.45) is 9.32. The van der Waals surface area contributed by atoms with Crippen molar-refractivity contribution in [2.45, 2.75) is 90.6 Å². The maximum atomic E-state index is 12.9. The first-order valence-electron chi connectivity index (χ1n) is 18.1. The first-order chi connectivity index (χ1) is 23.2. The summed E-state index contributed by atoms with van der Waals surface area (Å²) in [5.74, 6) is 0.587. The molecule has 11 unspecified atom stereocenters. The molecule has 7 aliphatic rings. The summed E-state index contributed by atoms with van der Waals surface area (Å²) < 4.78 is 27.9. The molecule has 10 rings (SSSR count). The smallest absolute Gasteiger partial charge is 0.261 e. The van der Waals surface area contributed by atoms with Crippen molar-refractivity contribution in [2.75, 3.05) is 7.05 Å². The van der Waals surface area contributed by atoms with Crippen LogP contribution in [0.5, 0.6) is 0 Å². The molecule has 1 spiro atoms. The maximum absolute atomic E-state index is 12.9. The Morgan fingerprint density at radius 1 is 0.633 bits per heavy atom. The molecule has 2 amide bonds. The largest absolute Gasteiger partial charge is 0.450 e. The molecule has 0 radical (unpaired) electrons. The summed E-state index contributed by atoms with van der Waals surface area (Å²) in [6, 6.07) is 3.29. The zero-order valence-corrected chi connectivity index (χ0v) is 29.0. The average molecular weight is 669 g/mol. The monoisotopic (exact) mass is 668 g/mol. The Kier molecular flexibility index (Phi) is 5.84. The van der Waals surface area contributed by atoms with E-state index in [1.807, 2.05) is 0 Å². The zero-order valence-electron chi connectivity index (χ0n) is 29.0. The Bertz CT molecular complexity index is 2260. The van der Waals surface area contributed by atoms with Gasteiger partial charge in [0.2, 0.25) is 11.8 Å². The summed E-state index contributed by atoms with van der Waals surface area (Å²) >= 11 is 0. The van der Waals surface area contributed by atoms with E-state index in [4.69, 9.17) is 18.3 Å². The molecule has 258 valence electrons. The zero-order chi connectivity index (χ0) is 34.1. The minimum Gasteiger partial charge on any atom is -0.450 e. The number of nitrogens with zero attached hydrogens (tertiary/aromatic N) is 2. The van der Waals surface area contributed by atoms with E-state index in [9.17, 15) is 19.2 Å². The highest BCUT2D eigenvalue weighted by molar-refractivity contribution is 6.05. The van der Waals surface area contributed by atoms with E-state index in [1.54, 1.807) is 19.2 Å². The maximum Gasteiger partial charge on any atom is 0.261 e. The molecule has 4 heterocycles. The minimum absolute atomic E-state index is 0.00296. The lowest BCUT2D eigenvalue weighted by atomic mass is 9.61. The van der Waals surface area contributed by atoms with E-state index in [1.165, 1.54) is 11.9 Å². The van der Waals surface area contributed by atoms with Gasteiger partial charge >= 0.3 is 0 Å². The third-order valence-electron chi connectivity index (χ3n) is 14.5. The van der Waals surface area contributed by atoms with Gasteiger partial charge in [-0.05, 0) is 103 Å². The molecule has 2 saturated heterocycles. The average Bonchev–Trinajstić information content (AvgIpc) is 3.59. The predicted molar refractivity (Wildman–Crippen MR) is 179 cm³/mol. The molecule has 49 heavy (non-hydrogen) atoms. The Morgan fingerprint density at radius 3 is 1.65 bits per heavy atom. The van der Waals surface area contributed by atoms with Crippen molar-refractivity contribution >= 4 is 45.9 Å². The Morgan fingerprint density at radius 2 is 1.10 bits per heavy atom. The van der Waals surface area contributed by atoms with E-state index >= 15 is 0 Å². The van der Waals surface area contributed by atoms with Crippen LogP contribution in [0.1, 0.15) is 66.2 Å². The Balaban J connectivity index is 1.03. The summed E-state index contributed by atoms with van der Waals surface area (Å²) in [7, 11) is 3.09. The topological polar surface area (TPSA) is 121 Å². The van der Waals surface area contributed by atoms with Crippen LogP contribution in [0.4, 0.5) is 0 Å². The quantitative estimate of drug-likeness (QED) is 0.334. The molecule has 10 heteroatoms. The number of fused-ring (bicyclic) bond motifs is 10. The van der Waals surface area contributed by atoms with Crippen LogP contribution in [0.25, 0.3) is 34.1 Å². The van der Waals surface area contributed by atoms with E-state index in [0.29, 0.717) is 57.4 Å². The second kappa shape index (κ2) is 9.43. The van der Waals surface area contributed by atoms with Crippen LogP contribution in [0, 0.1) is 51.8 Å². The fourth-order valence-corrected chi connectivity index (χ4v) is 12.6. The van der Waals surface area contributed by atoms with Gasteiger partial charge in [-0.15, -0.1) is 0 Å². The summed E-state index contributed by atoms with van der Waals surface area (Å²) in [6.45, 7) is 9.62. The van der Waals surface area contributed by atoms with Gasteiger partial charge in [0, 0.05) is 14.1 Å². The number of aromatic nitrogens is 1. The molecule has 2 aliphatic heterocycles. The van der Waals surface area contributed by atoms with Gasteiger partial charge < -0.3 is 18.3 Å². The number of ether oxygens (including phenoxy) is 2. The SMILES string of the molecule is CN1C(=O)C2CC3OC4CC5C(CC4OC3CC2C1=O)C1(CC(C)(C)C2C=c3oc4cc6c(=O)n(C)c(=O)c6cc4oc3=CC21)CC5(C)C. The van der Waals surface area contributed by atoms with E-state index in [0.717, 1.165) is 30.3 Å². The fourth-order valence-electron chi connectivity index (χ4n) is 12.6. The summed E-state index contributed by atoms with van der Waals surface area (Å²) in [5, 5.41) is 0.684. The lowest BCUT2D eigenvalue weighted by Crippen LogP contribution is -2.57. The van der Waals surface area contributed by atoms with Crippen molar-refractivity contribution < 1.29 is 27.9 Å². The number of amides is 2. The van der Waals surface area contributed by atoms with Crippen LogP contribution in [0.2, 0.25) is 0 Å². The minimum atomic E-state index is -0.333. The standard InChI is InChI=1S/C39H44N2O8/c1-37(2)15-39(23-13-31-29(11-21(23)37)46-25-7-17-19(9-27(25)48-31)35(44)40(5)33(17)42)16-38(3,4)22-12-30-32(14-24(22)39)49-28-10-20-18(8-26(28)47-30)34(43)41(6)36(20)45/h7,9,11,13,18,20-24,26,28,30,32H,8,10,12,14-16H2,1-6H3. The molecule has 1 aromatic carbocycles. The van der Waals surface area contributed by atoms with E-state index in [2.05, 4.69) is 39.8 Å². The third-order valence-corrected chi connectivity index (χ3v) is 14.5. The third kappa shape index (κ3) is 3.85. The highest BCUT2D eigenvalue weighted by Gasteiger charge is 2.69. The lowest BCUT2D eigenvalue weighted by Gasteiger charge is -2.52. The van der Waals surface area contributed by atoms with Crippen LogP contribution in [0.3, 0.4) is 0 Å².